The highest BCUT2D eigenvalue weighted by atomic mass is 32.2. The molecule has 0 saturated heterocycles. The Kier molecular flexibility index (Phi) is 5.53. The minimum absolute atomic E-state index is 0.0375. The number of imidazole rings is 1. The Morgan fingerprint density at radius 2 is 1.87 bits per heavy atom. The van der Waals surface area contributed by atoms with Gasteiger partial charge >= 0.3 is 0 Å². The second-order valence-corrected chi connectivity index (χ2v) is 8.73. The zero-order valence-corrected chi connectivity index (χ0v) is 17.5. The SMILES string of the molecule is CNC(=O)CN1Cc2c(C(=O)NCc3ccccn3)ncn2-c2ccccc2S1(=O)=O. The van der Waals surface area contributed by atoms with Gasteiger partial charge in [0.05, 0.1) is 36.7 Å². The lowest BCUT2D eigenvalue weighted by atomic mass is 10.2. The maximum atomic E-state index is 13.2. The number of carbonyl (C=O) groups excluding carboxylic acids is 2. The molecule has 0 atom stereocenters. The summed E-state index contributed by atoms with van der Waals surface area (Å²) in [6, 6.07) is 11.8. The summed E-state index contributed by atoms with van der Waals surface area (Å²) >= 11 is 0. The van der Waals surface area contributed by atoms with Gasteiger partial charge in [-0.15, -0.1) is 0 Å². The first-order valence-electron chi connectivity index (χ1n) is 9.46. The molecular weight excluding hydrogens is 420 g/mol. The molecule has 3 aromatic rings. The van der Waals surface area contributed by atoms with Crippen LogP contribution in [-0.2, 0) is 27.9 Å². The fourth-order valence-corrected chi connectivity index (χ4v) is 4.86. The molecule has 1 aromatic carbocycles. The summed E-state index contributed by atoms with van der Waals surface area (Å²) in [5.41, 5.74) is 1.50. The van der Waals surface area contributed by atoms with Gasteiger partial charge in [-0.05, 0) is 24.3 Å². The van der Waals surface area contributed by atoms with Crippen LogP contribution in [0.25, 0.3) is 5.69 Å². The van der Waals surface area contributed by atoms with Gasteiger partial charge < -0.3 is 10.6 Å². The van der Waals surface area contributed by atoms with Crippen LogP contribution in [-0.4, -0.2) is 52.7 Å². The van der Waals surface area contributed by atoms with Crippen molar-refractivity contribution in [3.05, 3.63) is 72.1 Å². The van der Waals surface area contributed by atoms with Crippen molar-refractivity contribution in [2.75, 3.05) is 13.6 Å². The smallest absolute Gasteiger partial charge is 0.272 e. The molecule has 2 aromatic heterocycles. The number of nitrogens with zero attached hydrogens (tertiary/aromatic N) is 4. The van der Waals surface area contributed by atoms with Crippen LogP contribution in [0.4, 0.5) is 0 Å². The summed E-state index contributed by atoms with van der Waals surface area (Å²) in [5, 5.41) is 5.19. The van der Waals surface area contributed by atoms with E-state index in [-0.39, 0.29) is 30.2 Å². The Balaban J connectivity index is 1.73. The lowest BCUT2D eigenvalue weighted by Crippen LogP contribution is -2.39. The number of carbonyl (C=O) groups is 2. The number of hydrogen-bond donors (Lipinski definition) is 2. The number of nitrogens with one attached hydrogen (secondary N) is 2. The Hall–Kier alpha value is -3.57. The third-order valence-corrected chi connectivity index (χ3v) is 6.74. The molecule has 0 fully saturated rings. The van der Waals surface area contributed by atoms with Crippen LogP contribution in [0.2, 0.25) is 0 Å². The molecule has 2 amide bonds. The van der Waals surface area contributed by atoms with Crippen molar-refractivity contribution in [2.24, 2.45) is 0 Å². The summed E-state index contributed by atoms with van der Waals surface area (Å²) in [6.45, 7) is -0.368. The van der Waals surface area contributed by atoms with E-state index in [1.807, 2.05) is 6.07 Å². The molecule has 10 nitrogen and oxygen atoms in total. The molecule has 0 saturated carbocycles. The molecule has 4 rings (SSSR count). The van der Waals surface area contributed by atoms with Gasteiger partial charge in [-0.3, -0.25) is 19.1 Å². The first kappa shape index (κ1) is 20.7. The number of rotatable bonds is 5. The van der Waals surface area contributed by atoms with Crippen LogP contribution in [0.5, 0.6) is 0 Å². The van der Waals surface area contributed by atoms with Gasteiger partial charge in [0.2, 0.25) is 15.9 Å². The molecule has 0 spiro atoms. The van der Waals surface area contributed by atoms with E-state index in [1.165, 1.54) is 19.4 Å². The van der Waals surface area contributed by atoms with Gasteiger partial charge in [-0.25, -0.2) is 13.4 Å². The molecule has 3 heterocycles. The van der Waals surface area contributed by atoms with E-state index in [0.717, 1.165) is 4.31 Å². The van der Waals surface area contributed by atoms with Crippen LogP contribution in [0, 0.1) is 0 Å². The maximum Gasteiger partial charge on any atom is 0.272 e. The minimum atomic E-state index is -3.98. The molecule has 11 heteroatoms. The molecule has 0 aliphatic carbocycles. The average Bonchev–Trinajstić information content (AvgIpc) is 3.17. The Labute approximate surface area is 179 Å². The molecule has 160 valence electrons. The van der Waals surface area contributed by atoms with E-state index >= 15 is 0 Å². The number of sulfonamides is 1. The van der Waals surface area contributed by atoms with E-state index in [2.05, 4.69) is 20.6 Å². The number of fused-ring (bicyclic) bond motifs is 3. The Bertz CT molecular complexity index is 1240. The number of pyridine rings is 1. The van der Waals surface area contributed by atoms with Gasteiger partial charge in [0.15, 0.2) is 5.69 Å². The summed E-state index contributed by atoms with van der Waals surface area (Å²) in [4.78, 5) is 33.3. The summed E-state index contributed by atoms with van der Waals surface area (Å²) < 4.78 is 29.1. The average molecular weight is 440 g/mol. The molecule has 1 aliphatic rings. The van der Waals surface area contributed by atoms with Gasteiger partial charge in [-0.1, -0.05) is 18.2 Å². The lowest BCUT2D eigenvalue weighted by molar-refractivity contribution is -0.120. The number of amides is 2. The van der Waals surface area contributed by atoms with Gasteiger partial charge in [0, 0.05) is 13.2 Å². The van der Waals surface area contributed by atoms with Gasteiger partial charge in [0.25, 0.3) is 5.91 Å². The highest BCUT2D eigenvalue weighted by molar-refractivity contribution is 7.89. The molecule has 2 N–H and O–H groups in total. The first-order valence-corrected chi connectivity index (χ1v) is 10.9. The molecule has 0 bridgehead atoms. The van der Waals surface area contributed by atoms with Crippen LogP contribution >= 0.6 is 0 Å². The Morgan fingerprint density at radius 1 is 1.10 bits per heavy atom. The summed E-state index contributed by atoms with van der Waals surface area (Å²) in [5.74, 6) is -0.925. The van der Waals surface area contributed by atoms with Crippen molar-refractivity contribution in [1.82, 2.24) is 29.5 Å². The third-order valence-electron chi connectivity index (χ3n) is 4.91. The van der Waals surface area contributed by atoms with Gasteiger partial charge in [-0.2, -0.15) is 4.31 Å². The predicted molar refractivity (Wildman–Crippen MR) is 111 cm³/mol. The van der Waals surface area contributed by atoms with E-state index in [4.69, 9.17) is 0 Å². The van der Waals surface area contributed by atoms with Crippen LogP contribution < -0.4 is 10.6 Å². The van der Waals surface area contributed by atoms with Crippen molar-refractivity contribution in [1.29, 1.82) is 0 Å². The minimum Gasteiger partial charge on any atom is -0.358 e. The monoisotopic (exact) mass is 440 g/mol. The van der Waals surface area contributed by atoms with Gasteiger partial charge in [0.1, 0.15) is 11.2 Å². The van der Waals surface area contributed by atoms with E-state index in [1.54, 1.807) is 41.1 Å². The summed E-state index contributed by atoms with van der Waals surface area (Å²) in [7, 11) is -2.55. The third kappa shape index (κ3) is 3.92. The first-order chi connectivity index (χ1) is 14.9. The number of para-hydroxylation sites is 1. The fraction of sp³-hybridized carbons (Fsp3) is 0.200. The van der Waals surface area contributed by atoms with Crippen molar-refractivity contribution >= 4 is 21.8 Å². The Morgan fingerprint density at radius 3 is 2.61 bits per heavy atom. The standard InChI is InChI=1S/C20H20N6O4S/c1-21-18(27)12-25-11-16-19(20(28)23-10-14-6-4-5-9-22-14)24-13-26(16)15-7-2-3-8-17(15)31(25,29)30/h2-9,13H,10-12H2,1H3,(H,21,27)(H,23,28). The summed E-state index contributed by atoms with van der Waals surface area (Å²) in [6.07, 6.45) is 3.05. The number of benzene rings is 1. The molecule has 0 unspecified atom stereocenters. The second-order valence-electron chi connectivity index (χ2n) is 6.83. The highest BCUT2D eigenvalue weighted by Crippen LogP contribution is 2.31. The number of likely N-dealkylation sites (N-methyl/N-ethyl adjacent to an activating group) is 1. The van der Waals surface area contributed by atoms with Crippen molar-refractivity contribution < 1.29 is 18.0 Å². The predicted octanol–water partition coefficient (Wildman–Crippen LogP) is 0.448. The highest BCUT2D eigenvalue weighted by Gasteiger charge is 2.35. The van der Waals surface area contributed by atoms with E-state index < -0.39 is 21.8 Å². The van der Waals surface area contributed by atoms with Crippen molar-refractivity contribution in [3.63, 3.8) is 0 Å². The zero-order valence-electron chi connectivity index (χ0n) is 16.6. The second kappa shape index (κ2) is 8.28. The number of aromatic nitrogens is 3. The molecular formula is C20H20N6O4S. The largest absolute Gasteiger partial charge is 0.358 e. The quantitative estimate of drug-likeness (QED) is 0.593. The van der Waals surface area contributed by atoms with Crippen molar-refractivity contribution in [3.8, 4) is 5.69 Å². The van der Waals surface area contributed by atoms with Crippen LogP contribution in [0.15, 0.2) is 59.9 Å². The maximum absolute atomic E-state index is 13.2. The van der Waals surface area contributed by atoms with E-state index in [9.17, 15) is 18.0 Å². The van der Waals surface area contributed by atoms with Crippen molar-refractivity contribution in [2.45, 2.75) is 18.0 Å². The van der Waals surface area contributed by atoms with E-state index in [0.29, 0.717) is 17.1 Å². The molecule has 31 heavy (non-hydrogen) atoms. The normalized spacial score (nSPS) is 14.7. The van der Waals surface area contributed by atoms with Crippen LogP contribution in [0.1, 0.15) is 21.9 Å². The zero-order chi connectivity index (χ0) is 22.0. The number of hydrogen-bond acceptors (Lipinski definition) is 6. The van der Waals surface area contributed by atoms with Crippen LogP contribution in [0.3, 0.4) is 0 Å². The molecule has 1 aliphatic heterocycles. The topological polar surface area (TPSA) is 126 Å². The lowest BCUT2D eigenvalue weighted by Gasteiger charge is -2.19. The molecule has 0 radical (unpaired) electrons. The fourth-order valence-electron chi connectivity index (χ4n) is 3.32.